The van der Waals surface area contributed by atoms with Gasteiger partial charge in [0.15, 0.2) is 0 Å². The van der Waals surface area contributed by atoms with Gasteiger partial charge in [0.25, 0.3) is 0 Å². The number of ether oxygens (including phenoxy) is 1. The van der Waals surface area contributed by atoms with Crippen LogP contribution >= 0.6 is 0 Å². The third-order valence-electron chi connectivity index (χ3n) is 4.84. The van der Waals surface area contributed by atoms with Crippen molar-refractivity contribution in [2.24, 2.45) is 0 Å². The minimum absolute atomic E-state index is 0.0370. The summed E-state index contributed by atoms with van der Waals surface area (Å²) in [5.74, 6) is -0.0191. The highest BCUT2D eigenvalue weighted by Gasteiger charge is 2.52. The molecule has 1 unspecified atom stereocenters. The maximum atomic E-state index is 13.1. The van der Waals surface area contributed by atoms with E-state index in [0.29, 0.717) is 13.1 Å². The van der Waals surface area contributed by atoms with Crippen LogP contribution < -0.4 is 0 Å². The van der Waals surface area contributed by atoms with Crippen molar-refractivity contribution in [1.29, 1.82) is 0 Å². The fraction of sp³-hybridized carbons (Fsp3) is 0.588. The number of piperidine rings is 1. The number of hydrogen-bond donors (Lipinski definition) is 0. The van der Waals surface area contributed by atoms with E-state index in [1.807, 2.05) is 23.1 Å². The van der Waals surface area contributed by atoms with Gasteiger partial charge in [-0.1, -0.05) is 6.07 Å². The summed E-state index contributed by atoms with van der Waals surface area (Å²) in [5, 5.41) is 0. The second-order valence-electron chi connectivity index (χ2n) is 6.26. The van der Waals surface area contributed by atoms with E-state index in [-0.39, 0.29) is 18.4 Å². The molecular formula is C17H23N3O3. The van der Waals surface area contributed by atoms with E-state index >= 15 is 0 Å². The summed E-state index contributed by atoms with van der Waals surface area (Å²) in [6, 6.07) is 5.72. The smallest absolute Gasteiger partial charge is 0.249 e. The molecule has 2 aliphatic rings. The lowest BCUT2D eigenvalue weighted by Crippen LogP contribution is -2.61. The van der Waals surface area contributed by atoms with Crippen LogP contribution in [-0.4, -0.2) is 58.9 Å². The molecule has 0 radical (unpaired) electrons. The largest absolute Gasteiger partial charge is 0.375 e. The van der Waals surface area contributed by atoms with E-state index in [1.54, 1.807) is 11.1 Å². The topological polar surface area (TPSA) is 62.7 Å². The third kappa shape index (κ3) is 2.95. The van der Waals surface area contributed by atoms with Crippen LogP contribution in [0.1, 0.15) is 31.4 Å². The van der Waals surface area contributed by atoms with Crippen LogP contribution in [0.5, 0.6) is 0 Å². The van der Waals surface area contributed by atoms with Gasteiger partial charge in [-0.2, -0.15) is 0 Å². The Morgan fingerprint density at radius 1 is 1.30 bits per heavy atom. The molecule has 2 amide bonds. The van der Waals surface area contributed by atoms with E-state index in [4.69, 9.17) is 4.74 Å². The maximum Gasteiger partial charge on any atom is 0.249 e. The summed E-state index contributed by atoms with van der Waals surface area (Å²) in [7, 11) is 1.51. The Labute approximate surface area is 136 Å². The molecule has 6 heteroatoms. The zero-order valence-corrected chi connectivity index (χ0v) is 13.5. The van der Waals surface area contributed by atoms with Crippen LogP contribution in [0.15, 0.2) is 24.4 Å². The molecule has 1 spiro atoms. The van der Waals surface area contributed by atoms with E-state index < -0.39 is 5.54 Å². The highest BCUT2D eigenvalue weighted by atomic mass is 16.5. The number of aromatic nitrogens is 1. The molecule has 0 bridgehead atoms. The monoisotopic (exact) mass is 317 g/mol. The Hall–Kier alpha value is -1.95. The van der Waals surface area contributed by atoms with Crippen LogP contribution in [0.4, 0.5) is 0 Å². The molecule has 1 aromatic rings. The van der Waals surface area contributed by atoms with Crippen LogP contribution in [0.25, 0.3) is 0 Å². The van der Waals surface area contributed by atoms with Crippen molar-refractivity contribution >= 4 is 11.8 Å². The summed E-state index contributed by atoms with van der Waals surface area (Å²) in [6.07, 6.45) is 5.03. The Morgan fingerprint density at radius 3 is 2.78 bits per heavy atom. The van der Waals surface area contributed by atoms with Gasteiger partial charge in [0.1, 0.15) is 12.1 Å². The first-order chi connectivity index (χ1) is 11.2. The zero-order valence-electron chi connectivity index (χ0n) is 13.5. The van der Waals surface area contributed by atoms with E-state index in [9.17, 15) is 9.59 Å². The van der Waals surface area contributed by atoms with Crippen molar-refractivity contribution in [2.45, 2.75) is 37.8 Å². The number of rotatable bonds is 4. The van der Waals surface area contributed by atoms with E-state index in [1.165, 1.54) is 7.11 Å². The first kappa shape index (κ1) is 15.9. The van der Waals surface area contributed by atoms with Crippen LogP contribution in [0.2, 0.25) is 0 Å². The Bertz CT molecular complexity index is 578. The Morgan fingerprint density at radius 2 is 2.09 bits per heavy atom. The lowest BCUT2D eigenvalue weighted by Gasteiger charge is -2.44. The number of likely N-dealkylation sites (tertiary alicyclic amines) is 2. The predicted molar refractivity (Wildman–Crippen MR) is 84.4 cm³/mol. The number of nitrogens with zero attached hydrogens (tertiary/aromatic N) is 3. The minimum atomic E-state index is -0.664. The van der Waals surface area contributed by atoms with E-state index in [0.717, 1.165) is 37.9 Å². The lowest BCUT2D eigenvalue weighted by molar-refractivity contribution is -0.157. The fourth-order valence-corrected chi connectivity index (χ4v) is 3.83. The highest BCUT2D eigenvalue weighted by molar-refractivity contribution is 5.93. The van der Waals surface area contributed by atoms with Gasteiger partial charge in [-0.05, 0) is 37.8 Å². The van der Waals surface area contributed by atoms with Crippen LogP contribution in [-0.2, 0) is 20.9 Å². The average Bonchev–Trinajstić information content (AvgIpc) is 2.98. The average molecular weight is 317 g/mol. The van der Waals surface area contributed by atoms with Crippen LogP contribution in [0, 0.1) is 0 Å². The second-order valence-corrected chi connectivity index (χ2v) is 6.26. The lowest BCUT2D eigenvalue weighted by atomic mass is 9.85. The number of pyridine rings is 1. The molecule has 0 N–H and O–H groups in total. The van der Waals surface area contributed by atoms with Gasteiger partial charge in [0, 0.05) is 26.4 Å². The molecule has 0 aliphatic carbocycles. The molecule has 1 aromatic heterocycles. The summed E-state index contributed by atoms with van der Waals surface area (Å²) < 4.78 is 4.98. The van der Waals surface area contributed by atoms with Gasteiger partial charge in [-0.3, -0.25) is 14.6 Å². The molecule has 1 atom stereocenters. The molecule has 2 fully saturated rings. The van der Waals surface area contributed by atoms with Crippen molar-refractivity contribution in [3.05, 3.63) is 30.1 Å². The van der Waals surface area contributed by atoms with Crippen molar-refractivity contribution < 1.29 is 14.3 Å². The van der Waals surface area contributed by atoms with Crippen molar-refractivity contribution in [3.63, 3.8) is 0 Å². The minimum Gasteiger partial charge on any atom is -0.375 e. The molecule has 3 rings (SSSR count). The molecule has 0 saturated carbocycles. The number of carbonyl (C=O) groups excluding carboxylic acids is 2. The maximum absolute atomic E-state index is 13.1. The number of methoxy groups -OCH3 is 1. The molecular weight excluding hydrogens is 294 g/mol. The van der Waals surface area contributed by atoms with Gasteiger partial charge in [0.05, 0.1) is 12.2 Å². The number of hydrogen-bond acceptors (Lipinski definition) is 4. The SMILES string of the molecule is COCC(=O)N1CCCC12CCCN(Cc1ccccn1)C2=O. The van der Waals surface area contributed by atoms with Crippen LogP contribution in [0.3, 0.4) is 0 Å². The molecule has 0 aromatic carbocycles. The molecule has 124 valence electrons. The molecule has 2 saturated heterocycles. The van der Waals surface area contributed by atoms with Crippen molar-refractivity contribution in [2.75, 3.05) is 26.8 Å². The second kappa shape index (κ2) is 6.66. The molecule has 3 heterocycles. The van der Waals surface area contributed by atoms with Gasteiger partial charge in [-0.25, -0.2) is 0 Å². The van der Waals surface area contributed by atoms with Gasteiger partial charge in [0.2, 0.25) is 11.8 Å². The third-order valence-corrected chi connectivity index (χ3v) is 4.84. The van der Waals surface area contributed by atoms with Gasteiger partial charge >= 0.3 is 0 Å². The number of carbonyl (C=O) groups is 2. The normalized spacial score (nSPS) is 24.5. The van der Waals surface area contributed by atoms with Gasteiger partial charge < -0.3 is 14.5 Å². The Kier molecular flexibility index (Phi) is 4.61. The molecule has 23 heavy (non-hydrogen) atoms. The first-order valence-corrected chi connectivity index (χ1v) is 8.16. The standard InChI is InChI=1S/C17H23N3O3/c1-23-13-15(21)20-11-5-8-17(20)7-4-10-19(16(17)22)12-14-6-2-3-9-18-14/h2-3,6,9H,4-5,7-8,10-13H2,1H3. The number of amides is 2. The molecule has 2 aliphatic heterocycles. The fourth-order valence-electron chi connectivity index (χ4n) is 3.83. The predicted octanol–water partition coefficient (Wildman–Crippen LogP) is 1.21. The van der Waals surface area contributed by atoms with Crippen molar-refractivity contribution in [3.8, 4) is 0 Å². The summed E-state index contributed by atoms with van der Waals surface area (Å²) in [4.78, 5) is 33.4. The zero-order chi connectivity index (χ0) is 16.3. The molecule has 6 nitrogen and oxygen atoms in total. The summed E-state index contributed by atoms with van der Waals surface area (Å²) in [5.41, 5.74) is 0.216. The Balaban J connectivity index is 1.79. The quantitative estimate of drug-likeness (QED) is 0.837. The summed E-state index contributed by atoms with van der Waals surface area (Å²) >= 11 is 0. The van der Waals surface area contributed by atoms with E-state index in [2.05, 4.69) is 4.98 Å². The van der Waals surface area contributed by atoms with Gasteiger partial charge in [-0.15, -0.1) is 0 Å². The van der Waals surface area contributed by atoms with Crippen molar-refractivity contribution in [1.82, 2.24) is 14.8 Å². The summed E-state index contributed by atoms with van der Waals surface area (Å²) in [6.45, 7) is 1.91. The first-order valence-electron chi connectivity index (χ1n) is 8.16. The highest BCUT2D eigenvalue weighted by Crippen LogP contribution is 2.38.